The van der Waals surface area contributed by atoms with Crippen molar-refractivity contribution in [2.45, 2.75) is 51.2 Å². The van der Waals surface area contributed by atoms with Gasteiger partial charge in [-0.25, -0.2) is 4.98 Å². The molecule has 7 nitrogen and oxygen atoms in total. The Bertz CT molecular complexity index is 896. The summed E-state index contributed by atoms with van der Waals surface area (Å²) >= 11 is 1.75. The van der Waals surface area contributed by atoms with E-state index >= 15 is 0 Å². The SMILES string of the molecule is COCCC(=O)N1CCCC[C@H]1c1nc2c(c(=O)[nH]1)CCN(Cc1cccs1)C2. The van der Waals surface area contributed by atoms with Crippen LogP contribution in [0, 0.1) is 0 Å². The first-order valence-electron chi connectivity index (χ1n) is 10.3. The molecule has 156 valence electrons. The second kappa shape index (κ2) is 9.19. The fourth-order valence-corrected chi connectivity index (χ4v) is 5.02. The summed E-state index contributed by atoms with van der Waals surface area (Å²) in [4.78, 5) is 38.8. The second-order valence-electron chi connectivity index (χ2n) is 7.76. The summed E-state index contributed by atoms with van der Waals surface area (Å²) in [6.07, 6.45) is 3.92. The molecule has 1 atom stereocenters. The van der Waals surface area contributed by atoms with Crippen molar-refractivity contribution >= 4 is 17.2 Å². The number of carbonyl (C=O) groups excluding carboxylic acids is 1. The molecule has 0 radical (unpaired) electrons. The molecule has 1 fully saturated rings. The molecule has 0 spiro atoms. The van der Waals surface area contributed by atoms with Crippen molar-refractivity contribution in [2.24, 2.45) is 0 Å². The number of nitrogens with zero attached hydrogens (tertiary/aromatic N) is 3. The number of methoxy groups -OCH3 is 1. The number of ether oxygens (including phenoxy) is 1. The first-order valence-corrected chi connectivity index (χ1v) is 11.2. The number of hydrogen-bond acceptors (Lipinski definition) is 6. The Balaban J connectivity index is 1.56. The summed E-state index contributed by atoms with van der Waals surface area (Å²) in [6, 6.07) is 4.05. The number of aromatic amines is 1. The monoisotopic (exact) mass is 416 g/mol. The average molecular weight is 417 g/mol. The number of amides is 1. The van der Waals surface area contributed by atoms with Gasteiger partial charge in [0.25, 0.3) is 5.56 Å². The van der Waals surface area contributed by atoms with Gasteiger partial charge in [-0.1, -0.05) is 6.07 Å². The van der Waals surface area contributed by atoms with Crippen molar-refractivity contribution in [1.82, 2.24) is 19.8 Å². The van der Waals surface area contributed by atoms with Gasteiger partial charge in [0.2, 0.25) is 5.91 Å². The highest BCUT2D eigenvalue weighted by molar-refractivity contribution is 7.09. The third kappa shape index (κ3) is 4.60. The molecule has 29 heavy (non-hydrogen) atoms. The lowest BCUT2D eigenvalue weighted by Crippen LogP contribution is -2.41. The van der Waals surface area contributed by atoms with Crippen LogP contribution in [0.25, 0.3) is 0 Å². The predicted molar refractivity (Wildman–Crippen MR) is 112 cm³/mol. The van der Waals surface area contributed by atoms with Crippen LogP contribution in [0.4, 0.5) is 0 Å². The smallest absolute Gasteiger partial charge is 0.254 e. The Morgan fingerprint density at radius 2 is 2.28 bits per heavy atom. The van der Waals surface area contributed by atoms with Crippen molar-refractivity contribution in [1.29, 1.82) is 0 Å². The van der Waals surface area contributed by atoms with Crippen molar-refractivity contribution in [3.8, 4) is 0 Å². The van der Waals surface area contributed by atoms with Crippen molar-refractivity contribution in [2.75, 3.05) is 26.8 Å². The van der Waals surface area contributed by atoms with E-state index in [2.05, 4.69) is 27.4 Å². The quantitative estimate of drug-likeness (QED) is 0.783. The lowest BCUT2D eigenvalue weighted by molar-refractivity contribution is -0.136. The maximum Gasteiger partial charge on any atom is 0.254 e. The van der Waals surface area contributed by atoms with E-state index in [0.717, 1.165) is 43.6 Å². The molecule has 2 aliphatic rings. The Morgan fingerprint density at radius 3 is 3.07 bits per heavy atom. The maximum atomic E-state index is 12.8. The predicted octanol–water partition coefficient (Wildman–Crippen LogP) is 2.48. The third-order valence-corrected chi connectivity index (χ3v) is 6.65. The number of fused-ring (bicyclic) bond motifs is 1. The molecule has 8 heteroatoms. The van der Waals surface area contributed by atoms with Crippen LogP contribution in [0.3, 0.4) is 0 Å². The van der Waals surface area contributed by atoms with E-state index in [-0.39, 0.29) is 17.5 Å². The second-order valence-corrected chi connectivity index (χ2v) is 8.79. The molecule has 2 aliphatic heterocycles. The fraction of sp³-hybridized carbons (Fsp3) is 0.571. The van der Waals surface area contributed by atoms with Crippen LogP contribution in [0.2, 0.25) is 0 Å². The standard InChI is InChI=1S/C21H28N4O3S/c1-28-11-8-19(26)25-9-3-2-6-18(25)20-22-17-14-24(13-15-5-4-12-29-15)10-7-16(17)21(27)23-20/h4-5,12,18H,2-3,6-11,13-14H2,1H3,(H,22,23,27)/t18-/m0/s1. The zero-order valence-corrected chi connectivity index (χ0v) is 17.7. The fourth-order valence-electron chi connectivity index (χ4n) is 4.28. The number of likely N-dealkylation sites (tertiary alicyclic amines) is 1. The van der Waals surface area contributed by atoms with Crippen LogP contribution in [0.15, 0.2) is 22.3 Å². The molecule has 0 aliphatic carbocycles. The van der Waals surface area contributed by atoms with E-state index in [1.165, 1.54) is 4.88 Å². The van der Waals surface area contributed by atoms with E-state index in [9.17, 15) is 9.59 Å². The molecule has 4 rings (SSSR count). The van der Waals surface area contributed by atoms with Gasteiger partial charge in [-0.05, 0) is 37.1 Å². The Morgan fingerprint density at radius 1 is 1.38 bits per heavy atom. The van der Waals surface area contributed by atoms with Gasteiger partial charge in [-0.15, -0.1) is 11.3 Å². The summed E-state index contributed by atoms with van der Waals surface area (Å²) in [7, 11) is 1.60. The van der Waals surface area contributed by atoms with E-state index < -0.39 is 0 Å². The van der Waals surface area contributed by atoms with E-state index in [4.69, 9.17) is 9.72 Å². The molecule has 2 aromatic rings. The molecule has 1 saturated heterocycles. The Hall–Kier alpha value is -2.03. The normalized spacial score (nSPS) is 19.9. The summed E-state index contributed by atoms with van der Waals surface area (Å²) in [5.74, 6) is 0.702. The van der Waals surface area contributed by atoms with Crippen molar-refractivity contribution < 1.29 is 9.53 Å². The minimum absolute atomic E-state index is 0.0457. The van der Waals surface area contributed by atoms with E-state index in [0.29, 0.717) is 38.4 Å². The lowest BCUT2D eigenvalue weighted by atomic mass is 9.99. The maximum absolute atomic E-state index is 12.8. The highest BCUT2D eigenvalue weighted by Crippen LogP contribution is 2.30. The number of nitrogens with one attached hydrogen (secondary N) is 1. The molecule has 0 unspecified atom stereocenters. The summed E-state index contributed by atoms with van der Waals surface area (Å²) < 4.78 is 5.07. The summed E-state index contributed by atoms with van der Waals surface area (Å²) in [5.41, 5.74) is 1.61. The van der Waals surface area contributed by atoms with Crippen LogP contribution in [-0.4, -0.2) is 52.5 Å². The molecule has 0 bridgehead atoms. The van der Waals surface area contributed by atoms with Gasteiger partial charge in [-0.2, -0.15) is 0 Å². The zero-order chi connectivity index (χ0) is 20.2. The number of hydrogen-bond donors (Lipinski definition) is 1. The van der Waals surface area contributed by atoms with E-state index in [1.807, 2.05) is 4.90 Å². The zero-order valence-electron chi connectivity index (χ0n) is 16.9. The number of thiophene rings is 1. The molecule has 1 N–H and O–H groups in total. The van der Waals surface area contributed by atoms with Crippen LogP contribution in [0.1, 0.15) is 53.7 Å². The molecule has 0 saturated carbocycles. The van der Waals surface area contributed by atoms with Crippen LogP contribution >= 0.6 is 11.3 Å². The number of rotatable bonds is 6. The number of aromatic nitrogens is 2. The van der Waals surface area contributed by atoms with Crippen LogP contribution in [-0.2, 0) is 29.0 Å². The molecule has 4 heterocycles. The molecule has 2 aromatic heterocycles. The largest absolute Gasteiger partial charge is 0.384 e. The Kier molecular flexibility index (Phi) is 6.42. The van der Waals surface area contributed by atoms with Crippen LogP contribution < -0.4 is 5.56 Å². The topological polar surface area (TPSA) is 78.5 Å². The van der Waals surface area contributed by atoms with E-state index in [1.54, 1.807) is 18.4 Å². The van der Waals surface area contributed by atoms with Crippen molar-refractivity contribution in [3.05, 3.63) is 49.8 Å². The van der Waals surface area contributed by atoms with Crippen molar-refractivity contribution in [3.63, 3.8) is 0 Å². The lowest BCUT2D eigenvalue weighted by Gasteiger charge is -2.36. The highest BCUT2D eigenvalue weighted by Gasteiger charge is 2.31. The molecular weight excluding hydrogens is 388 g/mol. The van der Waals surface area contributed by atoms with Gasteiger partial charge in [0.05, 0.1) is 24.8 Å². The number of carbonyl (C=O) groups is 1. The average Bonchev–Trinajstić information content (AvgIpc) is 3.24. The van der Waals surface area contributed by atoms with Gasteiger partial charge in [0, 0.05) is 43.7 Å². The Labute approximate surface area is 174 Å². The van der Waals surface area contributed by atoms with Gasteiger partial charge in [0.1, 0.15) is 5.82 Å². The first kappa shape index (κ1) is 20.3. The highest BCUT2D eigenvalue weighted by atomic mass is 32.1. The first-order chi connectivity index (χ1) is 14.2. The molecule has 1 amide bonds. The summed E-state index contributed by atoms with van der Waals surface area (Å²) in [6.45, 7) is 3.53. The van der Waals surface area contributed by atoms with Gasteiger partial charge < -0.3 is 14.6 Å². The number of piperidine rings is 1. The van der Waals surface area contributed by atoms with Gasteiger partial charge >= 0.3 is 0 Å². The summed E-state index contributed by atoms with van der Waals surface area (Å²) in [5, 5.41) is 2.09. The molecular formula is C21H28N4O3S. The van der Waals surface area contributed by atoms with Crippen LogP contribution in [0.5, 0.6) is 0 Å². The van der Waals surface area contributed by atoms with Gasteiger partial charge in [0.15, 0.2) is 0 Å². The third-order valence-electron chi connectivity index (χ3n) is 5.79. The minimum Gasteiger partial charge on any atom is -0.384 e. The number of H-pyrrole nitrogens is 1. The van der Waals surface area contributed by atoms with Gasteiger partial charge in [-0.3, -0.25) is 14.5 Å². The molecule has 0 aromatic carbocycles. The minimum atomic E-state index is -0.154.